The van der Waals surface area contributed by atoms with Gasteiger partial charge >= 0.3 is 0 Å². The van der Waals surface area contributed by atoms with E-state index >= 15 is 0 Å². The summed E-state index contributed by atoms with van der Waals surface area (Å²) in [6.07, 6.45) is 0.152. The summed E-state index contributed by atoms with van der Waals surface area (Å²) in [4.78, 5) is 23.7. The average molecular weight is 316 g/mol. The minimum atomic E-state index is -1.35. The van der Waals surface area contributed by atoms with E-state index < -0.39 is 39.9 Å². The number of anilines is 1. The van der Waals surface area contributed by atoms with Gasteiger partial charge in [0.05, 0.1) is 16.2 Å². The van der Waals surface area contributed by atoms with Crippen LogP contribution in [0.5, 0.6) is 0 Å². The van der Waals surface area contributed by atoms with E-state index in [0.29, 0.717) is 0 Å². The number of nitrogens with zero attached hydrogens (tertiary/aromatic N) is 2. The molecule has 1 aromatic heterocycles. The van der Waals surface area contributed by atoms with Crippen LogP contribution in [-0.4, -0.2) is 35.2 Å². The number of halogens is 3. The molecule has 1 fully saturated rings. The lowest BCUT2D eigenvalue weighted by Crippen LogP contribution is -2.25. The van der Waals surface area contributed by atoms with Gasteiger partial charge in [-0.1, -0.05) is 16.9 Å². The fourth-order valence-corrected chi connectivity index (χ4v) is 2.94. The Morgan fingerprint density at radius 1 is 1.48 bits per heavy atom. The van der Waals surface area contributed by atoms with Gasteiger partial charge in [-0.05, 0) is 6.07 Å². The highest BCUT2D eigenvalue weighted by Gasteiger charge is 2.35. The summed E-state index contributed by atoms with van der Waals surface area (Å²) in [5.74, 6) is -2.75. The van der Waals surface area contributed by atoms with Crippen LogP contribution in [0.25, 0.3) is 11.0 Å². The lowest BCUT2D eigenvalue weighted by Gasteiger charge is -2.11. The van der Waals surface area contributed by atoms with Crippen molar-refractivity contribution in [3.05, 3.63) is 23.3 Å². The summed E-state index contributed by atoms with van der Waals surface area (Å²) >= 11 is 0.791. The standard InChI is InChI=1S/C12H7F3N2O3S/c13-2-6-3-17(12(19)21-6)11-7-1-5(4-18)8(14)9(15)10(7)20-16-11/h1,4,6H,2-3H2/t6-/m0/s1. The first kappa shape index (κ1) is 13.9. The monoisotopic (exact) mass is 316 g/mol. The van der Waals surface area contributed by atoms with Crippen LogP contribution in [0.15, 0.2) is 10.6 Å². The smallest absolute Gasteiger partial charge is 0.287 e. The first-order valence-corrected chi connectivity index (χ1v) is 6.71. The molecule has 0 bridgehead atoms. The Kier molecular flexibility index (Phi) is 3.36. The zero-order valence-corrected chi connectivity index (χ0v) is 11.1. The minimum absolute atomic E-state index is 0.00976. The Morgan fingerprint density at radius 3 is 2.86 bits per heavy atom. The number of alkyl halides is 1. The van der Waals surface area contributed by atoms with E-state index in [0.717, 1.165) is 22.7 Å². The maximum absolute atomic E-state index is 13.7. The quantitative estimate of drug-likeness (QED) is 0.815. The third kappa shape index (κ3) is 2.08. The van der Waals surface area contributed by atoms with Crippen molar-refractivity contribution in [1.29, 1.82) is 0 Å². The van der Waals surface area contributed by atoms with Crippen molar-refractivity contribution < 1.29 is 27.3 Å². The van der Waals surface area contributed by atoms with E-state index in [1.807, 2.05) is 0 Å². The molecule has 1 amide bonds. The van der Waals surface area contributed by atoms with E-state index in [4.69, 9.17) is 4.52 Å². The molecule has 0 unspecified atom stereocenters. The molecule has 2 aromatic rings. The molecular weight excluding hydrogens is 309 g/mol. The maximum atomic E-state index is 13.7. The molecular formula is C12H7F3N2O3S. The first-order valence-electron chi connectivity index (χ1n) is 5.83. The highest BCUT2D eigenvalue weighted by Crippen LogP contribution is 2.36. The van der Waals surface area contributed by atoms with Gasteiger partial charge in [-0.15, -0.1) is 0 Å². The minimum Gasteiger partial charge on any atom is -0.351 e. The Labute approximate surface area is 120 Å². The molecule has 1 saturated heterocycles. The molecule has 21 heavy (non-hydrogen) atoms. The van der Waals surface area contributed by atoms with Crippen LogP contribution >= 0.6 is 11.8 Å². The largest absolute Gasteiger partial charge is 0.351 e. The van der Waals surface area contributed by atoms with Gasteiger partial charge in [-0.2, -0.15) is 4.39 Å². The molecule has 1 aliphatic heterocycles. The number of hydrogen-bond acceptors (Lipinski definition) is 5. The van der Waals surface area contributed by atoms with Crippen LogP contribution in [0.4, 0.5) is 23.8 Å². The molecule has 1 aliphatic rings. The molecule has 5 nitrogen and oxygen atoms in total. The molecule has 110 valence electrons. The number of amides is 1. The van der Waals surface area contributed by atoms with Gasteiger partial charge in [0.1, 0.15) is 6.67 Å². The third-order valence-electron chi connectivity index (χ3n) is 3.08. The second kappa shape index (κ2) is 5.06. The zero-order chi connectivity index (χ0) is 15.1. The molecule has 1 atom stereocenters. The normalized spacial score (nSPS) is 18.7. The number of fused-ring (bicyclic) bond motifs is 1. The van der Waals surface area contributed by atoms with Gasteiger partial charge in [-0.3, -0.25) is 14.5 Å². The van der Waals surface area contributed by atoms with Crippen LogP contribution in [0.1, 0.15) is 10.4 Å². The number of carbonyl (C=O) groups excluding carboxylic acids is 2. The summed E-state index contributed by atoms with van der Waals surface area (Å²) in [5, 5.41) is 2.51. The summed E-state index contributed by atoms with van der Waals surface area (Å²) in [6.45, 7) is -0.664. The summed E-state index contributed by atoms with van der Waals surface area (Å²) in [6, 6.07) is 1.05. The number of thioether (sulfide) groups is 1. The molecule has 2 heterocycles. The Bertz CT molecular complexity index is 749. The summed E-state index contributed by atoms with van der Waals surface area (Å²) in [5.41, 5.74) is -1.000. The molecule has 0 radical (unpaired) electrons. The molecule has 0 N–H and O–H groups in total. The van der Waals surface area contributed by atoms with Crippen LogP contribution in [-0.2, 0) is 0 Å². The van der Waals surface area contributed by atoms with Gasteiger partial charge in [0.15, 0.2) is 17.9 Å². The SMILES string of the molecule is O=Cc1cc2c(N3C[C@H](CF)SC3=O)noc2c(F)c1F. The summed E-state index contributed by atoms with van der Waals surface area (Å²) < 4.78 is 44.6. The van der Waals surface area contributed by atoms with Gasteiger partial charge < -0.3 is 4.52 Å². The molecule has 9 heteroatoms. The van der Waals surface area contributed by atoms with Crippen molar-refractivity contribution >= 4 is 40.1 Å². The van der Waals surface area contributed by atoms with Gasteiger partial charge in [0.2, 0.25) is 11.4 Å². The molecule has 0 aliphatic carbocycles. The Morgan fingerprint density at radius 2 is 2.24 bits per heavy atom. The predicted octanol–water partition coefficient (Wildman–Crippen LogP) is 2.93. The van der Waals surface area contributed by atoms with Crippen LogP contribution in [0, 0.1) is 11.6 Å². The predicted molar refractivity (Wildman–Crippen MR) is 69.4 cm³/mol. The number of aldehydes is 1. The summed E-state index contributed by atoms with van der Waals surface area (Å²) in [7, 11) is 0. The van der Waals surface area contributed by atoms with Crippen LogP contribution in [0.2, 0.25) is 0 Å². The molecule has 0 spiro atoms. The topological polar surface area (TPSA) is 63.4 Å². The molecule has 3 rings (SSSR count). The number of hydrogen-bond donors (Lipinski definition) is 0. The first-order chi connectivity index (χ1) is 10.1. The lowest BCUT2D eigenvalue weighted by atomic mass is 10.1. The van der Waals surface area contributed by atoms with Gasteiger partial charge in [-0.25, -0.2) is 8.78 Å². The third-order valence-corrected chi connectivity index (χ3v) is 4.11. The van der Waals surface area contributed by atoms with Crippen LogP contribution in [0.3, 0.4) is 0 Å². The average Bonchev–Trinajstić information content (AvgIpc) is 3.05. The number of rotatable bonds is 3. The van der Waals surface area contributed by atoms with Crippen molar-refractivity contribution in [2.24, 2.45) is 0 Å². The Balaban J connectivity index is 2.14. The van der Waals surface area contributed by atoms with E-state index in [-0.39, 0.29) is 24.0 Å². The van der Waals surface area contributed by atoms with E-state index in [2.05, 4.69) is 5.16 Å². The maximum Gasteiger partial charge on any atom is 0.287 e. The second-order valence-electron chi connectivity index (χ2n) is 4.37. The molecule has 0 saturated carbocycles. The van der Waals surface area contributed by atoms with E-state index in [1.165, 1.54) is 0 Å². The Hall–Kier alpha value is -2.03. The fourth-order valence-electron chi connectivity index (χ4n) is 2.08. The van der Waals surface area contributed by atoms with Crippen molar-refractivity contribution in [1.82, 2.24) is 5.16 Å². The van der Waals surface area contributed by atoms with E-state index in [9.17, 15) is 22.8 Å². The van der Waals surface area contributed by atoms with Crippen molar-refractivity contribution in [2.45, 2.75) is 5.25 Å². The molecule has 1 aromatic carbocycles. The number of carbonyl (C=O) groups is 2. The zero-order valence-electron chi connectivity index (χ0n) is 10.3. The fraction of sp³-hybridized carbons (Fsp3) is 0.250. The van der Waals surface area contributed by atoms with E-state index in [1.54, 1.807) is 0 Å². The number of aromatic nitrogens is 1. The second-order valence-corrected chi connectivity index (χ2v) is 5.62. The number of benzene rings is 1. The highest BCUT2D eigenvalue weighted by molar-refractivity contribution is 8.14. The van der Waals surface area contributed by atoms with Crippen LogP contribution < -0.4 is 4.90 Å². The van der Waals surface area contributed by atoms with Crippen molar-refractivity contribution in [3.8, 4) is 0 Å². The van der Waals surface area contributed by atoms with Gasteiger partial charge in [0, 0.05) is 6.54 Å². The lowest BCUT2D eigenvalue weighted by molar-refractivity contribution is 0.111. The highest BCUT2D eigenvalue weighted by atomic mass is 32.2. The van der Waals surface area contributed by atoms with Crippen molar-refractivity contribution in [2.75, 3.05) is 18.1 Å². The van der Waals surface area contributed by atoms with Gasteiger partial charge in [0.25, 0.3) is 5.24 Å². The van der Waals surface area contributed by atoms with Crippen molar-refractivity contribution in [3.63, 3.8) is 0 Å².